The Bertz CT molecular complexity index is 969. The second-order valence-corrected chi connectivity index (χ2v) is 8.72. The molecule has 0 aliphatic carbocycles. The van der Waals surface area contributed by atoms with E-state index in [0.717, 1.165) is 55.6 Å². The van der Waals surface area contributed by atoms with Gasteiger partial charge in [-0.2, -0.15) is 0 Å². The molecule has 0 atom stereocenters. The van der Waals surface area contributed by atoms with Crippen LogP contribution in [0.1, 0.15) is 5.01 Å². The lowest BCUT2D eigenvalue weighted by molar-refractivity contribution is -0.117. The molecule has 3 heterocycles. The van der Waals surface area contributed by atoms with Gasteiger partial charge < -0.3 is 5.32 Å². The van der Waals surface area contributed by atoms with Crippen LogP contribution in [0.5, 0.6) is 0 Å². The van der Waals surface area contributed by atoms with E-state index in [1.807, 2.05) is 16.3 Å². The zero-order valence-electron chi connectivity index (χ0n) is 15.6. The smallest absolute Gasteiger partial charge is 0.238 e. The topological polar surface area (TPSA) is 48.5 Å². The summed E-state index contributed by atoms with van der Waals surface area (Å²) in [4.78, 5) is 22.4. The minimum Gasteiger partial charge on any atom is -0.322 e. The zero-order valence-corrected chi connectivity index (χ0v) is 17.2. The first kappa shape index (κ1) is 20.1. The van der Waals surface area contributed by atoms with Crippen molar-refractivity contribution in [2.75, 3.05) is 38.0 Å². The monoisotopic (exact) mass is 434 g/mol. The van der Waals surface area contributed by atoms with Gasteiger partial charge in [-0.25, -0.2) is 13.8 Å². The molecule has 152 valence electrons. The van der Waals surface area contributed by atoms with Crippen LogP contribution in [0.3, 0.4) is 0 Å². The predicted octanol–water partition coefficient (Wildman–Crippen LogP) is 3.91. The number of carbonyl (C=O) groups is 1. The maximum Gasteiger partial charge on any atom is 0.238 e. The summed E-state index contributed by atoms with van der Waals surface area (Å²) < 4.78 is 26.6. The van der Waals surface area contributed by atoms with Gasteiger partial charge in [0.2, 0.25) is 5.91 Å². The number of carbonyl (C=O) groups excluding carboxylic acids is 1. The molecule has 1 N–H and O–H groups in total. The van der Waals surface area contributed by atoms with E-state index < -0.39 is 11.6 Å². The normalized spacial score (nSPS) is 15.5. The van der Waals surface area contributed by atoms with Crippen molar-refractivity contribution in [3.63, 3.8) is 0 Å². The van der Waals surface area contributed by atoms with Gasteiger partial charge in [0.15, 0.2) is 0 Å². The van der Waals surface area contributed by atoms with Crippen molar-refractivity contribution < 1.29 is 13.6 Å². The van der Waals surface area contributed by atoms with Crippen LogP contribution in [0.15, 0.2) is 41.1 Å². The molecule has 1 aliphatic heterocycles. The SMILES string of the molecule is O=C(CN1CCN(Cc2nc(-c3cccs3)cs2)CC1)Nc1ccc(F)cc1F. The van der Waals surface area contributed by atoms with E-state index in [9.17, 15) is 13.6 Å². The number of thiophene rings is 1. The number of thiazole rings is 1. The van der Waals surface area contributed by atoms with Crippen LogP contribution >= 0.6 is 22.7 Å². The number of hydrogen-bond donors (Lipinski definition) is 1. The molecule has 0 saturated carbocycles. The molecule has 0 unspecified atom stereocenters. The largest absolute Gasteiger partial charge is 0.322 e. The fourth-order valence-electron chi connectivity index (χ4n) is 3.20. The molecule has 1 amide bonds. The second-order valence-electron chi connectivity index (χ2n) is 6.83. The molecule has 9 heteroatoms. The van der Waals surface area contributed by atoms with Crippen molar-refractivity contribution in [3.05, 3.63) is 57.7 Å². The van der Waals surface area contributed by atoms with E-state index in [1.54, 1.807) is 22.7 Å². The van der Waals surface area contributed by atoms with E-state index in [1.165, 1.54) is 10.9 Å². The number of rotatable bonds is 6. The van der Waals surface area contributed by atoms with Crippen LogP contribution in [-0.4, -0.2) is 53.4 Å². The first-order valence-electron chi connectivity index (χ1n) is 9.25. The number of benzene rings is 1. The summed E-state index contributed by atoms with van der Waals surface area (Å²) in [6.45, 7) is 4.17. The number of aromatic nitrogens is 1. The third-order valence-electron chi connectivity index (χ3n) is 4.72. The summed E-state index contributed by atoms with van der Waals surface area (Å²) in [7, 11) is 0. The molecule has 5 nitrogen and oxygen atoms in total. The molecule has 0 spiro atoms. The second kappa shape index (κ2) is 9.08. The van der Waals surface area contributed by atoms with Gasteiger partial charge in [0.1, 0.15) is 16.6 Å². The van der Waals surface area contributed by atoms with Crippen LogP contribution in [0.2, 0.25) is 0 Å². The van der Waals surface area contributed by atoms with Crippen molar-refractivity contribution in [2.45, 2.75) is 6.54 Å². The van der Waals surface area contributed by atoms with E-state index >= 15 is 0 Å². The average Bonchev–Trinajstić information content (AvgIpc) is 3.37. The maximum absolute atomic E-state index is 13.7. The van der Waals surface area contributed by atoms with Crippen LogP contribution < -0.4 is 5.32 Å². The third-order valence-corrected chi connectivity index (χ3v) is 6.45. The highest BCUT2D eigenvalue weighted by Gasteiger charge is 2.20. The van der Waals surface area contributed by atoms with E-state index in [2.05, 4.69) is 21.7 Å². The fraction of sp³-hybridized carbons (Fsp3) is 0.300. The summed E-state index contributed by atoms with van der Waals surface area (Å²) in [5, 5.41) is 7.74. The van der Waals surface area contributed by atoms with Crippen LogP contribution in [0, 0.1) is 11.6 Å². The van der Waals surface area contributed by atoms with Gasteiger partial charge in [-0.15, -0.1) is 22.7 Å². The maximum atomic E-state index is 13.7. The van der Waals surface area contributed by atoms with Crippen molar-refractivity contribution in [1.82, 2.24) is 14.8 Å². The van der Waals surface area contributed by atoms with Gasteiger partial charge >= 0.3 is 0 Å². The van der Waals surface area contributed by atoms with Crippen molar-refractivity contribution in [1.29, 1.82) is 0 Å². The highest BCUT2D eigenvalue weighted by Crippen LogP contribution is 2.26. The Balaban J connectivity index is 1.23. The number of nitrogens with zero attached hydrogens (tertiary/aromatic N) is 3. The quantitative estimate of drug-likeness (QED) is 0.639. The number of piperazine rings is 1. The summed E-state index contributed by atoms with van der Waals surface area (Å²) in [5.41, 5.74) is 1.03. The van der Waals surface area contributed by atoms with Crippen LogP contribution in [0.4, 0.5) is 14.5 Å². The molecule has 0 radical (unpaired) electrons. The van der Waals surface area contributed by atoms with Crippen molar-refractivity contribution in [3.8, 4) is 10.6 Å². The Morgan fingerprint density at radius 1 is 1.10 bits per heavy atom. The summed E-state index contributed by atoms with van der Waals surface area (Å²) in [6.07, 6.45) is 0. The van der Waals surface area contributed by atoms with Gasteiger partial charge in [-0.1, -0.05) is 6.07 Å². The zero-order chi connectivity index (χ0) is 20.2. The average molecular weight is 435 g/mol. The minimum absolute atomic E-state index is 0.000325. The van der Waals surface area contributed by atoms with Gasteiger partial charge in [0, 0.05) is 37.6 Å². The highest BCUT2D eigenvalue weighted by atomic mass is 32.1. The van der Waals surface area contributed by atoms with E-state index in [0.29, 0.717) is 0 Å². The number of amides is 1. The lowest BCUT2D eigenvalue weighted by atomic mass is 10.2. The number of hydrogen-bond acceptors (Lipinski definition) is 6. The third kappa shape index (κ3) is 5.24. The molecule has 3 aromatic rings. The van der Waals surface area contributed by atoms with Gasteiger partial charge in [0.05, 0.1) is 29.3 Å². The van der Waals surface area contributed by atoms with Crippen molar-refractivity contribution in [2.24, 2.45) is 0 Å². The molecule has 0 bridgehead atoms. The highest BCUT2D eigenvalue weighted by molar-refractivity contribution is 7.14. The Labute approximate surface area is 175 Å². The summed E-state index contributed by atoms with van der Waals surface area (Å²) in [6, 6.07) is 7.22. The van der Waals surface area contributed by atoms with Gasteiger partial charge in [-0.05, 0) is 23.6 Å². The molecule has 2 aromatic heterocycles. The molecule has 1 aliphatic rings. The first-order valence-corrected chi connectivity index (χ1v) is 11.0. The molecular formula is C20H20F2N4OS2. The molecule has 1 fully saturated rings. The fourth-order valence-corrected chi connectivity index (χ4v) is 4.80. The summed E-state index contributed by atoms with van der Waals surface area (Å²) in [5.74, 6) is -1.74. The Hall–Kier alpha value is -2.20. The molecule has 4 rings (SSSR count). The number of anilines is 1. The molecule has 1 aromatic carbocycles. The van der Waals surface area contributed by atoms with E-state index in [4.69, 9.17) is 4.98 Å². The molecule has 1 saturated heterocycles. The predicted molar refractivity (Wildman–Crippen MR) is 112 cm³/mol. The minimum atomic E-state index is -0.770. The van der Waals surface area contributed by atoms with Gasteiger partial charge in [-0.3, -0.25) is 14.6 Å². The Morgan fingerprint density at radius 3 is 2.62 bits per heavy atom. The lowest BCUT2D eigenvalue weighted by Crippen LogP contribution is -2.48. The Kier molecular flexibility index (Phi) is 6.29. The molecular weight excluding hydrogens is 414 g/mol. The van der Waals surface area contributed by atoms with Crippen LogP contribution in [-0.2, 0) is 11.3 Å². The Morgan fingerprint density at radius 2 is 1.90 bits per heavy atom. The first-order chi connectivity index (χ1) is 14.1. The standard InChI is InChI=1S/C20H20F2N4OS2/c21-14-3-4-16(15(22)10-14)23-19(27)11-25-5-7-26(8-6-25)12-20-24-17(13-29-20)18-2-1-9-28-18/h1-4,9-10,13H,5-8,11-12H2,(H,23,27). The molecule has 29 heavy (non-hydrogen) atoms. The van der Waals surface area contributed by atoms with Crippen LogP contribution in [0.25, 0.3) is 10.6 Å². The van der Waals surface area contributed by atoms with Crippen molar-refractivity contribution >= 4 is 34.3 Å². The number of nitrogens with one attached hydrogen (secondary N) is 1. The van der Waals surface area contributed by atoms with Gasteiger partial charge in [0.25, 0.3) is 0 Å². The lowest BCUT2D eigenvalue weighted by Gasteiger charge is -2.33. The number of halogens is 2. The van der Waals surface area contributed by atoms with E-state index in [-0.39, 0.29) is 18.1 Å². The summed E-state index contributed by atoms with van der Waals surface area (Å²) >= 11 is 3.36.